The molecule has 1 atom stereocenters. The third-order valence-corrected chi connectivity index (χ3v) is 9.18. The molecule has 0 aromatic rings. The van der Waals surface area contributed by atoms with Crippen molar-refractivity contribution in [2.24, 2.45) is 0 Å². The minimum atomic E-state index is -0.711. The molecule has 0 bridgehead atoms. The highest BCUT2D eigenvalue weighted by Crippen LogP contribution is 2.18. The van der Waals surface area contributed by atoms with Gasteiger partial charge >= 0.3 is 11.9 Å². The van der Waals surface area contributed by atoms with Gasteiger partial charge in [-0.2, -0.15) is 0 Å². The summed E-state index contributed by atoms with van der Waals surface area (Å²) in [5.74, 6) is -0.727. The number of hydrogen-bond acceptors (Lipinski definition) is 3. The van der Waals surface area contributed by atoms with E-state index in [0.717, 1.165) is 64.2 Å². The summed E-state index contributed by atoms with van der Waals surface area (Å²) < 4.78 is 5.93. The molecule has 1 unspecified atom stereocenters. The van der Waals surface area contributed by atoms with Gasteiger partial charge in [-0.15, -0.1) is 0 Å². The summed E-state index contributed by atoms with van der Waals surface area (Å²) in [6.45, 7) is 4.52. The van der Waals surface area contributed by atoms with Gasteiger partial charge in [0.2, 0.25) is 0 Å². The first-order valence-electron chi connectivity index (χ1n) is 20.3. The van der Waals surface area contributed by atoms with Crippen LogP contribution in [-0.2, 0) is 14.3 Å². The van der Waals surface area contributed by atoms with E-state index in [1.54, 1.807) is 0 Å². The van der Waals surface area contributed by atoms with E-state index in [9.17, 15) is 9.59 Å². The Balaban J connectivity index is 3.72. The minimum Gasteiger partial charge on any atom is -0.481 e. The lowest BCUT2D eigenvalue weighted by Crippen LogP contribution is -2.18. The Morgan fingerprint density at radius 1 is 0.478 bits per heavy atom. The van der Waals surface area contributed by atoms with Crippen LogP contribution in [0.4, 0.5) is 0 Å². The molecule has 0 aromatic carbocycles. The van der Waals surface area contributed by atoms with Crippen LogP contribution in [0.3, 0.4) is 0 Å². The molecule has 0 radical (unpaired) electrons. The van der Waals surface area contributed by atoms with Crippen molar-refractivity contribution >= 4 is 11.9 Å². The highest BCUT2D eigenvalue weighted by atomic mass is 16.5. The SMILES string of the molecule is CCCCCCC/C=C\C/C=C\CCCCCCCCCCCCCC(=O)OC(CCCCCCCC)CCCCCCC(=O)O. The van der Waals surface area contributed by atoms with Crippen molar-refractivity contribution in [2.75, 3.05) is 0 Å². The molecular weight excluding hydrogens is 568 g/mol. The minimum absolute atomic E-state index is 0.0160. The van der Waals surface area contributed by atoms with Gasteiger partial charge in [-0.05, 0) is 70.6 Å². The molecule has 0 rings (SSSR count). The van der Waals surface area contributed by atoms with Crippen LogP contribution in [0.5, 0.6) is 0 Å². The lowest BCUT2D eigenvalue weighted by atomic mass is 10.0. The van der Waals surface area contributed by atoms with Crippen molar-refractivity contribution in [1.82, 2.24) is 0 Å². The van der Waals surface area contributed by atoms with E-state index in [4.69, 9.17) is 9.84 Å². The summed E-state index contributed by atoms with van der Waals surface area (Å²) in [6.07, 6.45) is 47.9. The van der Waals surface area contributed by atoms with Crippen molar-refractivity contribution in [3.63, 3.8) is 0 Å². The number of carbonyl (C=O) groups is 2. The molecule has 0 aliphatic carbocycles. The van der Waals surface area contributed by atoms with Crippen molar-refractivity contribution in [3.05, 3.63) is 24.3 Å². The summed E-state index contributed by atoms with van der Waals surface area (Å²) in [7, 11) is 0. The summed E-state index contributed by atoms with van der Waals surface area (Å²) in [4.78, 5) is 23.3. The number of aliphatic carboxylic acids is 1. The van der Waals surface area contributed by atoms with Gasteiger partial charge in [0, 0.05) is 12.8 Å². The highest BCUT2D eigenvalue weighted by molar-refractivity contribution is 5.69. The number of rotatable bonds is 37. The average molecular weight is 647 g/mol. The molecule has 4 heteroatoms. The number of allylic oxidation sites excluding steroid dienone is 4. The maximum absolute atomic E-state index is 12.6. The second-order valence-electron chi connectivity index (χ2n) is 13.8. The Labute approximate surface area is 287 Å². The van der Waals surface area contributed by atoms with Crippen LogP contribution in [0.1, 0.15) is 226 Å². The zero-order valence-electron chi connectivity index (χ0n) is 30.9. The van der Waals surface area contributed by atoms with Crippen LogP contribution < -0.4 is 0 Å². The molecule has 0 heterocycles. The van der Waals surface area contributed by atoms with Gasteiger partial charge in [0.15, 0.2) is 0 Å². The molecule has 4 nitrogen and oxygen atoms in total. The molecule has 46 heavy (non-hydrogen) atoms. The van der Waals surface area contributed by atoms with Crippen molar-refractivity contribution in [2.45, 2.75) is 232 Å². The normalized spacial score (nSPS) is 12.4. The first kappa shape index (κ1) is 44.4. The van der Waals surface area contributed by atoms with E-state index in [0.29, 0.717) is 6.42 Å². The molecule has 1 N–H and O–H groups in total. The van der Waals surface area contributed by atoms with E-state index in [1.807, 2.05) is 0 Å². The van der Waals surface area contributed by atoms with Gasteiger partial charge in [-0.1, -0.05) is 167 Å². The number of carbonyl (C=O) groups excluding carboxylic acids is 1. The third-order valence-electron chi connectivity index (χ3n) is 9.18. The molecule has 0 fully saturated rings. The monoisotopic (exact) mass is 647 g/mol. The van der Waals surface area contributed by atoms with Gasteiger partial charge in [0.25, 0.3) is 0 Å². The quantitative estimate of drug-likeness (QED) is 0.0414. The lowest BCUT2D eigenvalue weighted by molar-refractivity contribution is -0.150. The van der Waals surface area contributed by atoms with Gasteiger partial charge in [-0.3, -0.25) is 9.59 Å². The Hall–Kier alpha value is -1.58. The molecule has 0 aliphatic rings. The highest BCUT2D eigenvalue weighted by Gasteiger charge is 2.14. The van der Waals surface area contributed by atoms with Gasteiger partial charge in [0.05, 0.1) is 0 Å². The number of esters is 1. The molecule has 0 saturated heterocycles. The van der Waals surface area contributed by atoms with Crippen LogP contribution in [-0.4, -0.2) is 23.1 Å². The Morgan fingerprint density at radius 3 is 1.28 bits per heavy atom. The van der Waals surface area contributed by atoms with Crippen LogP contribution in [0.25, 0.3) is 0 Å². The molecular formula is C42H78O4. The third kappa shape index (κ3) is 36.9. The average Bonchev–Trinajstić information content (AvgIpc) is 3.04. The van der Waals surface area contributed by atoms with Crippen molar-refractivity contribution in [1.29, 1.82) is 0 Å². The number of carboxylic acids is 1. The summed E-state index contributed by atoms with van der Waals surface area (Å²) in [5.41, 5.74) is 0. The molecule has 0 aromatic heterocycles. The molecule has 0 spiro atoms. The topological polar surface area (TPSA) is 63.6 Å². The van der Waals surface area contributed by atoms with E-state index in [2.05, 4.69) is 38.2 Å². The fraction of sp³-hybridized carbons (Fsp3) is 0.857. The van der Waals surface area contributed by atoms with Gasteiger partial charge < -0.3 is 9.84 Å². The molecule has 0 saturated carbocycles. The number of unbranched alkanes of at least 4 members (excludes halogenated alkanes) is 24. The van der Waals surface area contributed by atoms with Crippen molar-refractivity contribution in [3.8, 4) is 0 Å². The second kappa shape index (κ2) is 37.9. The number of ether oxygens (including phenoxy) is 1. The predicted molar refractivity (Wildman–Crippen MR) is 200 cm³/mol. The second-order valence-corrected chi connectivity index (χ2v) is 13.8. The first-order valence-corrected chi connectivity index (χ1v) is 20.3. The summed E-state index contributed by atoms with van der Waals surface area (Å²) >= 11 is 0. The van der Waals surface area contributed by atoms with E-state index >= 15 is 0 Å². The Bertz CT molecular complexity index is 698. The van der Waals surface area contributed by atoms with Crippen molar-refractivity contribution < 1.29 is 19.4 Å². The van der Waals surface area contributed by atoms with Gasteiger partial charge in [0.1, 0.15) is 6.10 Å². The van der Waals surface area contributed by atoms with Crippen LogP contribution in [0.2, 0.25) is 0 Å². The number of hydrogen-bond donors (Lipinski definition) is 1. The Morgan fingerprint density at radius 2 is 0.848 bits per heavy atom. The zero-order valence-corrected chi connectivity index (χ0v) is 30.9. The Kier molecular flexibility index (Phi) is 36.6. The van der Waals surface area contributed by atoms with E-state index in [1.165, 1.54) is 135 Å². The van der Waals surface area contributed by atoms with E-state index < -0.39 is 5.97 Å². The molecule has 0 aliphatic heterocycles. The fourth-order valence-corrected chi connectivity index (χ4v) is 6.16. The fourth-order valence-electron chi connectivity index (χ4n) is 6.16. The molecule has 270 valence electrons. The van der Waals surface area contributed by atoms with Crippen LogP contribution >= 0.6 is 0 Å². The zero-order chi connectivity index (χ0) is 33.6. The lowest BCUT2D eigenvalue weighted by Gasteiger charge is -2.18. The summed E-state index contributed by atoms with van der Waals surface area (Å²) in [5, 5.41) is 8.81. The predicted octanol–water partition coefficient (Wildman–Crippen LogP) is 14.0. The first-order chi connectivity index (χ1) is 22.6. The maximum atomic E-state index is 12.6. The van der Waals surface area contributed by atoms with Gasteiger partial charge in [-0.25, -0.2) is 0 Å². The van der Waals surface area contributed by atoms with Crippen LogP contribution in [0, 0.1) is 0 Å². The van der Waals surface area contributed by atoms with E-state index in [-0.39, 0.29) is 18.5 Å². The largest absolute Gasteiger partial charge is 0.481 e. The van der Waals surface area contributed by atoms with Crippen LogP contribution in [0.15, 0.2) is 24.3 Å². The molecule has 0 amide bonds. The number of carboxylic acid groups (broad SMARTS) is 1. The maximum Gasteiger partial charge on any atom is 0.306 e. The summed E-state index contributed by atoms with van der Waals surface area (Å²) in [6, 6.07) is 0. The standard InChI is InChI=1S/C42H78O4/c1-3-5-7-9-11-12-13-14-15-16-17-18-19-20-21-22-23-24-25-26-27-29-35-39-42(45)46-40(36-32-28-10-8-6-4-2)37-33-30-31-34-38-41(43)44/h13-14,16-17,40H,3-12,15,18-39H2,1-2H3,(H,43,44)/b14-13-,17-16-. The smallest absolute Gasteiger partial charge is 0.306 e.